The molecular weight excluding hydrogens is 378 g/mol. The largest absolute Gasteiger partial charge is 0.494 e. The summed E-state index contributed by atoms with van der Waals surface area (Å²) in [5, 5.41) is 9.45. The van der Waals surface area contributed by atoms with Gasteiger partial charge in [0, 0.05) is 0 Å². The van der Waals surface area contributed by atoms with E-state index in [1.54, 1.807) is 6.08 Å². The number of carbonyl (C=O) groups is 2. The maximum atomic E-state index is 12.7. The number of hydrogen-bond acceptors (Lipinski definition) is 6. The Morgan fingerprint density at radius 2 is 2.12 bits per heavy atom. The molecule has 0 unspecified atom stereocenters. The van der Waals surface area contributed by atoms with Gasteiger partial charge >= 0.3 is 5.97 Å². The second-order valence-electron chi connectivity index (χ2n) is 5.19. The van der Waals surface area contributed by atoms with Gasteiger partial charge in [0.25, 0.3) is 5.91 Å². The van der Waals surface area contributed by atoms with E-state index in [0.29, 0.717) is 23.7 Å². The average molecular weight is 398 g/mol. The van der Waals surface area contributed by atoms with Gasteiger partial charge in [0.1, 0.15) is 16.1 Å². The minimum absolute atomic E-state index is 0.288. The third-order valence-electron chi connectivity index (χ3n) is 3.50. The summed E-state index contributed by atoms with van der Waals surface area (Å²) in [6.45, 7) is 2.50. The highest BCUT2D eigenvalue weighted by Gasteiger charge is 2.40. The van der Waals surface area contributed by atoms with Crippen LogP contribution in [-0.2, 0) is 9.59 Å². The highest BCUT2D eigenvalue weighted by Crippen LogP contribution is 2.35. The summed E-state index contributed by atoms with van der Waals surface area (Å²) in [5.41, 5.74) is 0.833. The highest BCUT2D eigenvalue weighted by molar-refractivity contribution is 8.26. The Labute approximate surface area is 160 Å². The normalized spacial score (nSPS) is 17.2. The molecule has 8 heteroatoms. The van der Waals surface area contributed by atoms with E-state index in [2.05, 4.69) is 0 Å². The van der Waals surface area contributed by atoms with Crippen molar-refractivity contribution in [2.24, 2.45) is 0 Å². The van der Waals surface area contributed by atoms with E-state index >= 15 is 0 Å². The molecule has 1 amide bonds. The Morgan fingerprint density at radius 1 is 1.44 bits per heavy atom. The number of thiocarbonyl (C=S) groups is 1. The van der Waals surface area contributed by atoms with E-state index < -0.39 is 12.0 Å². The van der Waals surface area contributed by atoms with Crippen molar-refractivity contribution in [3.05, 3.63) is 34.7 Å². The fraction of sp³-hybridized carbons (Fsp3) is 0.353. The molecule has 1 N–H and O–H groups in total. The molecule has 1 atom stereocenters. The zero-order chi connectivity index (χ0) is 18.4. The monoisotopic (exact) mass is 397 g/mol. The number of amides is 1. The standard InChI is InChI=1S/C17H19NO4S3/c1-3-22-12-6-4-11(5-7-12)10-14-15(19)18(17(23)25-14)13(16(20)21)8-9-24-2/h4-7,10,13H,3,8-9H2,1-2H3,(H,20,21)/b14-10+/t13-/m0/s1. The van der Waals surface area contributed by atoms with Gasteiger partial charge in [-0.1, -0.05) is 36.1 Å². The van der Waals surface area contributed by atoms with Crippen molar-refractivity contribution in [1.82, 2.24) is 4.90 Å². The van der Waals surface area contributed by atoms with Crippen molar-refractivity contribution in [2.75, 3.05) is 18.6 Å². The molecule has 0 aliphatic carbocycles. The second-order valence-corrected chi connectivity index (χ2v) is 7.85. The number of aliphatic carboxylic acids is 1. The van der Waals surface area contributed by atoms with Crippen LogP contribution in [0.5, 0.6) is 5.75 Å². The number of carboxylic acids is 1. The van der Waals surface area contributed by atoms with Crippen LogP contribution in [0.2, 0.25) is 0 Å². The summed E-state index contributed by atoms with van der Waals surface area (Å²) in [6, 6.07) is 6.43. The molecule has 25 heavy (non-hydrogen) atoms. The predicted molar refractivity (Wildman–Crippen MR) is 107 cm³/mol. The number of rotatable bonds is 8. The number of ether oxygens (including phenoxy) is 1. The number of carboxylic acid groups (broad SMARTS) is 1. The van der Waals surface area contributed by atoms with Gasteiger partial charge in [-0.3, -0.25) is 9.69 Å². The van der Waals surface area contributed by atoms with Crippen molar-refractivity contribution in [2.45, 2.75) is 19.4 Å². The van der Waals surface area contributed by atoms with Gasteiger partial charge in [0.15, 0.2) is 0 Å². The summed E-state index contributed by atoms with van der Waals surface area (Å²) >= 11 is 7.93. The third kappa shape index (κ3) is 4.99. The molecule has 1 heterocycles. The van der Waals surface area contributed by atoms with Crippen LogP contribution in [0.25, 0.3) is 6.08 Å². The first-order chi connectivity index (χ1) is 12.0. The Balaban J connectivity index is 2.20. The van der Waals surface area contributed by atoms with Gasteiger partial charge in [0.05, 0.1) is 11.5 Å². The van der Waals surface area contributed by atoms with E-state index in [1.165, 1.54) is 16.7 Å². The lowest BCUT2D eigenvalue weighted by atomic mass is 10.1. The summed E-state index contributed by atoms with van der Waals surface area (Å²) in [7, 11) is 0. The maximum Gasteiger partial charge on any atom is 0.326 e. The van der Waals surface area contributed by atoms with Crippen LogP contribution in [-0.4, -0.2) is 50.9 Å². The third-order valence-corrected chi connectivity index (χ3v) is 5.48. The number of carbonyl (C=O) groups excluding carboxylic acids is 1. The van der Waals surface area contributed by atoms with Crippen molar-refractivity contribution in [3.8, 4) is 5.75 Å². The van der Waals surface area contributed by atoms with Crippen LogP contribution in [0, 0.1) is 0 Å². The summed E-state index contributed by atoms with van der Waals surface area (Å²) in [5.74, 6) is 0.0200. The van der Waals surface area contributed by atoms with Gasteiger partial charge in [-0.25, -0.2) is 4.79 Å². The highest BCUT2D eigenvalue weighted by atomic mass is 32.2. The Hall–Kier alpha value is -1.51. The first-order valence-corrected chi connectivity index (χ1v) is 10.3. The molecular formula is C17H19NO4S3. The van der Waals surface area contributed by atoms with E-state index in [0.717, 1.165) is 23.1 Å². The van der Waals surface area contributed by atoms with Gasteiger partial charge < -0.3 is 9.84 Å². The molecule has 0 radical (unpaired) electrons. The number of hydrogen-bond donors (Lipinski definition) is 1. The van der Waals surface area contributed by atoms with Crippen LogP contribution < -0.4 is 4.74 Å². The lowest BCUT2D eigenvalue weighted by molar-refractivity contribution is -0.145. The molecule has 0 bridgehead atoms. The molecule has 1 fully saturated rings. The Morgan fingerprint density at radius 3 is 2.68 bits per heavy atom. The fourth-order valence-corrected chi connectivity index (χ4v) is 4.14. The molecule has 1 aliphatic heterocycles. The molecule has 1 aromatic carbocycles. The Kier molecular flexibility index (Phi) is 7.34. The lowest BCUT2D eigenvalue weighted by Crippen LogP contribution is -2.44. The van der Waals surface area contributed by atoms with Gasteiger partial charge in [0.2, 0.25) is 0 Å². The predicted octanol–water partition coefficient (Wildman–Crippen LogP) is 3.49. The fourth-order valence-electron chi connectivity index (χ4n) is 2.32. The molecule has 0 saturated carbocycles. The summed E-state index contributed by atoms with van der Waals surface area (Å²) in [6.07, 6.45) is 3.98. The molecule has 134 valence electrons. The van der Waals surface area contributed by atoms with Crippen molar-refractivity contribution in [3.63, 3.8) is 0 Å². The van der Waals surface area contributed by atoms with E-state index in [4.69, 9.17) is 17.0 Å². The van der Waals surface area contributed by atoms with Gasteiger partial charge in [-0.2, -0.15) is 11.8 Å². The topological polar surface area (TPSA) is 66.8 Å². The van der Waals surface area contributed by atoms with Crippen molar-refractivity contribution >= 4 is 58.0 Å². The molecule has 2 rings (SSSR count). The minimum Gasteiger partial charge on any atom is -0.494 e. The van der Waals surface area contributed by atoms with Crippen LogP contribution in [0.15, 0.2) is 29.2 Å². The van der Waals surface area contributed by atoms with Gasteiger partial charge in [-0.15, -0.1) is 0 Å². The van der Waals surface area contributed by atoms with E-state index in [-0.39, 0.29) is 10.2 Å². The average Bonchev–Trinajstić information content (AvgIpc) is 2.84. The summed E-state index contributed by atoms with van der Waals surface area (Å²) < 4.78 is 5.68. The first-order valence-electron chi connectivity index (χ1n) is 7.69. The van der Waals surface area contributed by atoms with Crippen LogP contribution in [0.4, 0.5) is 0 Å². The summed E-state index contributed by atoms with van der Waals surface area (Å²) in [4.78, 5) is 25.9. The van der Waals surface area contributed by atoms with E-state index in [1.807, 2.05) is 37.4 Å². The maximum absolute atomic E-state index is 12.7. The SMILES string of the molecule is CCOc1ccc(/C=C2/SC(=S)N([C@@H](CCSC)C(=O)O)C2=O)cc1. The smallest absolute Gasteiger partial charge is 0.326 e. The molecule has 1 saturated heterocycles. The number of thioether (sulfide) groups is 2. The quantitative estimate of drug-likeness (QED) is 0.532. The van der Waals surface area contributed by atoms with Gasteiger partial charge in [-0.05, 0) is 49.1 Å². The van der Waals surface area contributed by atoms with Crippen LogP contribution in [0.1, 0.15) is 18.9 Å². The lowest BCUT2D eigenvalue weighted by Gasteiger charge is -2.22. The Bertz CT molecular complexity index is 688. The van der Waals surface area contributed by atoms with Crippen LogP contribution >= 0.6 is 35.7 Å². The zero-order valence-electron chi connectivity index (χ0n) is 13.9. The second kappa shape index (κ2) is 9.26. The molecule has 1 aliphatic rings. The number of nitrogens with zero attached hydrogens (tertiary/aromatic N) is 1. The van der Waals surface area contributed by atoms with Crippen molar-refractivity contribution in [1.29, 1.82) is 0 Å². The molecule has 0 aromatic heterocycles. The molecule has 1 aromatic rings. The zero-order valence-corrected chi connectivity index (χ0v) is 16.4. The molecule has 0 spiro atoms. The van der Waals surface area contributed by atoms with Crippen molar-refractivity contribution < 1.29 is 19.4 Å². The van der Waals surface area contributed by atoms with Crippen LogP contribution in [0.3, 0.4) is 0 Å². The molecule has 5 nitrogen and oxygen atoms in total. The van der Waals surface area contributed by atoms with E-state index in [9.17, 15) is 14.7 Å². The minimum atomic E-state index is -1.03. The number of benzene rings is 1. The first kappa shape index (κ1) is 19.8.